The molecule has 0 aromatic rings. The van der Waals surface area contributed by atoms with Gasteiger partial charge < -0.3 is 0 Å². The van der Waals surface area contributed by atoms with Gasteiger partial charge in [-0.3, -0.25) is 9.98 Å². The molecule has 0 saturated carbocycles. The Morgan fingerprint density at radius 2 is 1.62 bits per heavy atom. The van der Waals surface area contributed by atoms with Gasteiger partial charge in [0.2, 0.25) is 0 Å². The Kier molecular flexibility index (Phi) is 30.8. The Hall–Kier alpha value is -1.12. The van der Waals surface area contributed by atoms with E-state index in [0.29, 0.717) is 0 Å². The van der Waals surface area contributed by atoms with Gasteiger partial charge in [0, 0.05) is 34.1 Å². The third-order valence-electron chi connectivity index (χ3n) is 0.812. The van der Waals surface area contributed by atoms with Crippen LogP contribution in [-0.2, 0) is 0 Å². The summed E-state index contributed by atoms with van der Waals surface area (Å²) in [5, 5.41) is 0. The van der Waals surface area contributed by atoms with Gasteiger partial charge >= 0.3 is 0 Å². The molecule has 0 unspecified atom stereocenters. The van der Waals surface area contributed by atoms with Crippen LogP contribution in [0.1, 0.15) is 20.8 Å². The Morgan fingerprint density at radius 3 is 1.77 bits per heavy atom. The van der Waals surface area contributed by atoms with Crippen molar-refractivity contribution in [2.45, 2.75) is 20.8 Å². The van der Waals surface area contributed by atoms with Gasteiger partial charge in [0.1, 0.15) is 0 Å². The molecular weight excluding hydrogens is 159 g/mol. The summed E-state index contributed by atoms with van der Waals surface area (Å²) in [4.78, 5) is 7.50. The molecule has 3 radical (unpaired) electrons. The maximum Gasteiger partial charge on any atom is 0.0277 e. The topological polar surface area (TPSA) is 24.7 Å². The molecular formula is C10H18BN2. The van der Waals surface area contributed by atoms with Crippen LogP contribution in [0, 0.1) is 0 Å². The normalized spacial score (nSPS) is 10.8. The Balaban J connectivity index is -0.000000143. The third-order valence-corrected chi connectivity index (χ3v) is 0.812. The quantitative estimate of drug-likeness (QED) is 0.457. The number of allylic oxidation sites excluding steroid dienone is 3. The largest absolute Gasteiger partial charge is 0.297 e. The fourth-order valence-electron chi connectivity index (χ4n) is 0.344. The molecule has 3 heteroatoms. The molecule has 0 aromatic heterocycles. The molecule has 0 aromatic carbocycles. The number of hydrogen-bond donors (Lipinski definition) is 0. The molecule has 0 rings (SSSR count). The van der Waals surface area contributed by atoms with Crippen molar-refractivity contribution in [2.24, 2.45) is 9.98 Å². The van der Waals surface area contributed by atoms with Crippen molar-refractivity contribution in [1.82, 2.24) is 0 Å². The molecule has 0 saturated heterocycles. The van der Waals surface area contributed by atoms with Crippen LogP contribution in [0.5, 0.6) is 0 Å². The highest BCUT2D eigenvalue weighted by molar-refractivity contribution is 5.75. The lowest BCUT2D eigenvalue weighted by Gasteiger charge is -1.64. The summed E-state index contributed by atoms with van der Waals surface area (Å²) in [5.74, 6) is 0. The van der Waals surface area contributed by atoms with E-state index in [-0.39, 0.29) is 8.41 Å². The standard InChI is InChI=1S/2C5H9N.B/c1-3-4-5-6-2;1-3-5-6-4-2;/h2*3-5H,1-2H3;/b4-3-,6-5?;5-3-,6-4?;. The molecule has 0 heterocycles. The van der Waals surface area contributed by atoms with Crippen molar-refractivity contribution in [3.63, 3.8) is 0 Å². The summed E-state index contributed by atoms with van der Waals surface area (Å²) in [6.07, 6.45) is 11.0. The first kappa shape index (κ1) is 17.8. The smallest absolute Gasteiger partial charge is 0.0277 e. The third kappa shape index (κ3) is 36.0. The molecule has 0 aliphatic carbocycles. The first-order chi connectivity index (χ1) is 5.83. The summed E-state index contributed by atoms with van der Waals surface area (Å²) in [7, 11) is 1.75. The second-order valence-corrected chi connectivity index (χ2v) is 1.82. The van der Waals surface area contributed by atoms with Crippen LogP contribution in [0.15, 0.2) is 34.4 Å². The molecule has 0 bridgehead atoms. The summed E-state index contributed by atoms with van der Waals surface area (Å²) >= 11 is 0. The molecule has 71 valence electrons. The second kappa shape index (κ2) is 22.4. The highest BCUT2D eigenvalue weighted by atomic mass is 14.6. The summed E-state index contributed by atoms with van der Waals surface area (Å²) in [5.41, 5.74) is 0. The van der Waals surface area contributed by atoms with Gasteiger partial charge in [-0.05, 0) is 26.8 Å². The fourth-order valence-corrected chi connectivity index (χ4v) is 0.344. The van der Waals surface area contributed by atoms with Crippen molar-refractivity contribution in [3.8, 4) is 0 Å². The Labute approximate surface area is 83.8 Å². The van der Waals surface area contributed by atoms with E-state index in [0.717, 1.165) is 0 Å². The van der Waals surface area contributed by atoms with E-state index in [9.17, 15) is 0 Å². The fraction of sp³-hybridized carbons (Fsp3) is 0.400. The number of aliphatic imine (C=N–C) groups is 2. The van der Waals surface area contributed by atoms with Crippen molar-refractivity contribution in [2.75, 3.05) is 7.05 Å². The average Bonchev–Trinajstić information content (AvgIpc) is 2.12. The summed E-state index contributed by atoms with van der Waals surface area (Å²) in [6.45, 7) is 5.79. The van der Waals surface area contributed by atoms with Gasteiger partial charge in [-0.1, -0.05) is 12.2 Å². The van der Waals surface area contributed by atoms with Crippen LogP contribution in [0.3, 0.4) is 0 Å². The van der Waals surface area contributed by atoms with E-state index >= 15 is 0 Å². The lowest BCUT2D eigenvalue weighted by atomic mass is 10.6. The van der Waals surface area contributed by atoms with E-state index in [2.05, 4.69) is 9.98 Å². The molecule has 0 N–H and O–H groups in total. The minimum absolute atomic E-state index is 0. The highest BCUT2D eigenvalue weighted by Gasteiger charge is 1.49. The van der Waals surface area contributed by atoms with E-state index in [1.54, 1.807) is 25.7 Å². The molecule has 2 nitrogen and oxygen atoms in total. The van der Waals surface area contributed by atoms with Crippen LogP contribution < -0.4 is 0 Å². The van der Waals surface area contributed by atoms with Crippen molar-refractivity contribution in [1.29, 1.82) is 0 Å². The highest BCUT2D eigenvalue weighted by Crippen LogP contribution is 1.67. The van der Waals surface area contributed by atoms with Crippen molar-refractivity contribution in [3.05, 3.63) is 24.4 Å². The van der Waals surface area contributed by atoms with Gasteiger partial charge in [-0.25, -0.2) is 0 Å². The minimum atomic E-state index is 0. The number of hydrogen-bond acceptors (Lipinski definition) is 2. The lowest BCUT2D eigenvalue weighted by Crippen LogP contribution is -1.56. The predicted octanol–water partition coefficient (Wildman–Crippen LogP) is 2.49. The first-order valence-corrected chi connectivity index (χ1v) is 3.95. The van der Waals surface area contributed by atoms with Crippen LogP contribution >= 0.6 is 0 Å². The van der Waals surface area contributed by atoms with Crippen molar-refractivity contribution < 1.29 is 0 Å². The van der Waals surface area contributed by atoms with Gasteiger partial charge in [0.05, 0.1) is 0 Å². The second-order valence-electron chi connectivity index (χ2n) is 1.82. The molecule has 0 aliphatic heterocycles. The van der Waals surface area contributed by atoms with Crippen LogP contribution in [0.25, 0.3) is 0 Å². The van der Waals surface area contributed by atoms with E-state index in [1.807, 2.05) is 39.0 Å². The van der Waals surface area contributed by atoms with Gasteiger partial charge in [-0.15, -0.1) is 0 Å². The SMILES string of the molecule is C/C=C\C=NC.CC=N/C=C\C.[B]. The lowest BCUT2D eigenvalue weighted by molar-refractivity contribution is 1.47. The first-order valence-electron chi connectivity index (χ1n) is 3.95. The molecule has 0 aliphatic rings. The number of nitrogens with zero attached hydrogens (tertiary/aromatic N) is 2. The zero-order valence-corrected chi connectivity index (χ0v) is 8.94. The van der Waals surface area contributed by atoms with Gasteiger partial charge in [0.15, 0.2) is 0 Å². The zero-order valence-electron chi connectivity index (χ0n) is 8.94. The predicted molar refractivity (Wildman–Crippen MR) is 64.0 cm³/mol. The van der Waals surface area contributed by atoms with Crippen LogP contribution in [0.4, 0.5) is 0 Å². The van der Waals surface area contributed by atoms with Gasteiger partial charge in [-0.2, -0.15) is 0 Å². The Morgan fingerprint density at radius 1 is 1.00 bits per heavy atom. The van der Waals surface area contributed by atoms with Gasteiger partial charge in [0.25, 0.3) is 0 Å². The minimum Gasteiger partial charge on any atom is -0.297 e. The summed E-state index contributed by atoms with van der Waals surface area (Å²) < 4.78 is 0. The van der Waals surface area contributed by atoms with Crippen LogP contribution in [-0.4, -0.2) is 27.9 Å². The monoisotopic (exact) mass is 177 g/mol. The van der Waals surface area contributed by atoms with Crippen molar-refractivity contribution >= 4 is 20.8 Å². The van der Waals surface area contributed by atoms with E-state index in [1.165, 1.54) is 0 Å². The zero-order chi connectivity index (χ0) is 9.66. The molecule has 0 atom stereocenters. The molecule has 0 amide bonds. The molecule has 13 heavy (non-hydrogen) atoms. The average molecular weight is 177 g/mol. The molecule has 0 spiro atoms. The maximum absolute atomic E-state index is 3.78. The Bertz CT molecular complexity index is 130. The molecule has 0 fully saturated rings. The summed E-state index contributed by atoms with van der Waals surface area (Å²) in [6, 6.07) is 0. The maximum atomic E-state index is 3.78. The van der Waals surface area contributed by atoms with Crippen LogP contribution in [0.2, 0.25) is 0 Å². The van der Waals surface area contributed by atoms with E-state index in [4.69, 9.17) is 0 Å². The van der Waals surface area contributed by atoms with E-state index < -0.39 is 0 Å². The number of rotatable bonds is 2.